The third kappa shape index (κ3) is 10.1. The molecule has 0 bridgehead atoms. The van der Waals surface area contributed by atoms with E-state index in [2.05, 4.69) is 50.5 Å². The van der Waals surface area contributed by atoms with Crippen LogP contribution in [-0.4, -0.2) is 98.6 Å². The lowest BCUT2D eigenvalue weighted by Gasteiger charge is -2.26. The van der Waals surface area contributed by atoms with Gasteiger partial charge in [0.25, 0.3) is 0 Å². The summed E-state index contributed by atoms with van der Waals surface area (Å²) in [4.78, 5) is 50.4. The lowest BCUT2D eigenvalue weighted by molar-refractivity contribution is -0.159. The van der Waals surface area contributed by atoms with Crippen LogP contribution in [0.3, 0.4) is 0 Å². The molecular weight excluding hydrogens is 520 g/mol. The molecule has 204 valence electrons. The molecule has 1 fully saturated rings. The number of carbonyl (C=O) groups is 4. The largest absolute Gasteiger partial charge is 0.473 e. The minimum atomic E-state index is -1.82. The van der Waals surface area contributed by atoms with E-state index in [1.807, 2.05) is 13.0 Å². The zero-order chi connectivity index (χ0) is 28.1. The normalized spacial score (nSPS) is 12.9. The monoisotopic (exact) mass is 548 g/mol. The van der Waals surface area contributed by atoms with Crippen molar-refractivity contribution in [1.82, 2.24) is 14.9 Å². The Labute approximate surface area is 221 Å². The molecule has 0 unspecified atom stereocenters. The number of nitrogens with zero attached hydrogens (tertiary/aromatic N) is 3. The molecule has 1 aromatic carbocycles. The van der Waals surface area contributed by atoms with Gasteiger partial charge in [0.05, 0.1) is 18.6 Å². The van der Waals surface area contributed by atoms with Crippen LogP contribution in [0.2, 0.25) is 0 Å². The molecule has 38 heavy (non-hydrogen) atoms. The molecule has 0 atom stereocenters. The molecule has 1 aliphatic rings. The highest BCUT2D eigenvalue weighted by Gasteiger charge is 2.13. The summed E-state index contributed by atoms with van der Waals surface area (Å²) in [6.45, 7) is 7.78. The van der Waals surface area contributed by atoms with Gasteiger partial charge in [0.15, 0.2) is 0 Å². The minimum absolute atomic E-state index is 0.814. The van der Waals surface area contributed by atoms with Crippen molar-refractivity contribution < 1.29 is 44.3 Å². The Morgan fingerprint density at radius 3 is 2.08 bits per heavy atom. The Balaban J connectivity index is 0.000000355. The molecule has 0 radical (unpaired) electrons. The Bertz CT molecular complexity index is 1200. The number of ether oxygens (including phenoxy) is 1. The molecule has 1 aliphatic heterocycles. The number of carboxylic acid groups (broad SMARTS) is 4. The maximum Gasteiger partial charge on any atom is 0.414 e. The highest BCUT2D eigenvalue weighted by atomic mass is 32.1. The molecule has 13 nitrogen and oxygen atoms in total. The van der Waals surface area contributed by atoms with Crippen LogP contribution in [0, 0.1) is 6.92 Å². The lowest BCUT2D eigenvalue weighted by Crippen LogP contribution is -2.37. The predicted molar refractivity (Wildman–Crippen MR) is 138 cm³/mol. The van der Waals surface area contributed by atoms with Crippen molar-refractivity contribution in [3.8, 4) is 10.4 Å². The van der Waals surface area contributed by atoms with E-state index in [9.17, 15) is 0 Å². The van der Waals surface area contributed by atoms with Crippen molar-refractivity contribution in [2.24, 2.45) is 0 Å². The summed E-state index contributed by atoms with van der Waals surface area (Å²) in [6, 6.07) is 12.7. The molecule has 3 aromatic rings. The van der Waals surface area contributed by atoms with Gasteiger partial charge >= 0.3 is 23.9 Å². The second kappa shape index (κ2) is 15.2. The van der Waals surface area contributed by atoms with Crippen LogP contribution in [0.1, 0.15) is 12.2 Å². The molecule has 3 heterocycles. The number of benzene rings is 1. The Hall–Kier alpha value is -4.14. The van der Waals surface area contributed by atoms with E-state index >= 15 is 0 Å². The van der Waals surface area contributed by atoms with Gasteiger partial charge < -0.3 is 30.5 Å². The third-order valence-corrected chi connectivity index (χ3v) is 6.05. The average Bonchev–Trinajstić information content (AvgIpc) is 3.32. The number of rotatable bonds is 6. The van der Waals surface area contributed by atoms with Crippen LogP contribution >= 0.6 is 11.3 Å². The number of aromatic nitrogens is 2. The zero-order valence-electron chi connectivity index (χ0n) is 20.5. The number of aryl methyl sites for hydroxylation is 1. The van der Waals surface area contributed by atoms with Crippen molar-refractivity contribution in [1.29, 1.82) is 0 Å². The van der Waals surface area contributed by atoms with Gasteiger partial charge in [0.2, 0.25) is 0 Å². The third-order valence-electron chi connectivity index (χ3n) is 4.98. The zero-order valence-corrected chi connectivity index (χ0v) is 21.3. The number of fused-ring (bicyclic) bond motifs is 1. The van der Waals surface area contributed by atoms with Gasteiger partial charge in [0.1, 0.15) is 16.5 Å². The first-order valence-corrected chi connectivity index (χ1v) is 12.2. The van der Waals surface area contributed by atoms with Crippen molar-refractivity contribution in [2.45, 2.75) is 13.3 Å². The van der Waals surface area contributed by atoms with Gasteiger partial charge in [-0.25, -0.2) is 29.1 Å². The number of aliphatic carboxylic acids is 4. The van der Waals surface area contributed by atoms with Crippen LogP contribution in [0.25, 0.3) is 20.7 Å². The summed E-state index contributed by atoms with van der Waals surface area (Å²) in [6.07, 6.45) is 1.10. The van der Waals surface area contributed by atoms with Gasteiger partial charge in [-0.15, -0.1) is 11.3 Å². The first kappa shape index (κ1) is 30.1. The minimum Gasteiger partial charge on any atom is -0.473 e. The summed E-state index contributed by atoms with van der Waals surface area (Å²) in [5.74, 6) is -5.53. The molecule has 0 spiro atoms. The van der Waals surface area contributed by atoms with Crippen LogP contribution in [0.15, 0.2) is 36.4 Å². The summed E-state index contributed by atoms with van der Waals surface area (Å²) in [7, 11) is 0. The van der Waals surface area contributed by atoms with Gasteiger partial charge in [-0.2, -0.15) is 0 Å². The number of anilines is 1. The summed E-state index contributed by atoms with van der Waals surface area (Å²) < 4.78 is 5.40. The van der Waals surface area contributed by atoms with Gasteiger partial charge in [-0.05, 0) is 31.5 Å². The van der Waals surface area contributed by atoms with Crippen LogP contribution in [0.4, 0.5) is 5.82 Å². The van der Waals surface area contributed by atoms with E-state index in [1.165, 1.54) is 10.4 Å². The molecule has 1 saturated heterocycles. The molecule has 5 N–H and O–H groups in total. The summed E-state index contributed by atoms with van der Waals surface area (Å²) >= 11 is 1.73. The van der Waals surface area contributed by atoms with E-state index in [0.29, 0.717) is 0 Å². The van der Waals surface area contributed by atoms with Gasteiger partial charge in [0, 0.05) is 24.5 Å². The van der Waals surface area contributed by atoms with E-state index in [0.717, 1.165) is 67.7 Å². The highest BCUT2D eigenvalue weighted by Crippen LogP contribution is 2.35. The molecule has 0 amide bonds. The predicted octanol–water partition coefficient (Wildman–Crippen LogP) is 2.11. The Kier molecular flexibility index (Phi) is 12.0. The SMILES string of the molecule is Cc1nc(NCCCN2CCOCC2)c2cc(-c3ccccc3)sc2n1.O=C(O)C(=O)O.O=C(O)C(=O)O. The average molecular weight is 549 g/mol. The van der Waals surface area contributed by atoms with Crippen LogP contribution in [0.5, 0.6) is 0 Å². The second-order valence-electron chi connectivity index (χ2n) is 7.77. The standard InChI is InChI=1S/C20H24N4OS.2C2H2O4/c1-15-22-19(21-8-5-9-24-10-12-25-13-11-24)17-14-18(26-20(17)23-15)16-6-3-2-4-7-16;2*3-1(4)2(5)6/h2-4,6-7,14H,5,8-13H2,1H3,(H,21,22,23);2*(H,3,4)(H,5,6). The van der Waals surface area contributed by atoms with Crippen LogP contribution in [-0.2, 0) is 23.9 Å². The van der Waals surface area contributed by atoms with Crippen molar-refractivity contribution in [3.63, 3.8) is 0 Å². The van der Waals surface area contributed by atoms with E-state index in [4.69, 9.17) is 44.3 Å². The Morgan fingerprint density at radius 2 is 1.53 bits per heavy atom. The molecule has 0 saturated carbocycles. The molecule has 4 rings (SSSR count). The smallest absolute Gasteiger partial charge is 0.414 e. The van der Waals surface area contributed by atoms with E-state index in [-0.39, 0.29) is 0 Å². The maximum atomic E-state index is 9.10. The number of nitrogens with one attached hydrogen (secondary N) is 1. The van der Waals surface area contributed by atoms with Crippen LogP contribution < -0.4 is 5.32 Å². The van der Waals surface area contributed by atoms with E-state index < -0.39 is 23.9 Å². The number of hydrogen-bond donors (Lipinski definition) is 5. The molecular formula is C24H28N4O9S. The number of carboxylic acids is 4. The van der Waals surface area contributed by atoms with Gasteiger partial charge in [-0.1, -0.05) is 30.3 Å². The van der Waals surface area contributed by atoms with Crippen molar-refractivity contribution >= 4 is 51.2 Å². The first-order valence-electron chi connectivity index (χ1n) is 11.4. The molecule has 0 aliphatic carbocycles. The Morgan fingerprint density at radius 1 is 0.947 bits per heavy atom. The maximum absolute atomic E-state index is 9.10. The fourth-order valence-corrected chi connectivity index (χ4v) is 4.32. The number of hydrogen-bond acceptors (Lipinski definition) is 10. The van der Waals surface area contributed by atoms with Crippen molar-refractivity contribution in [2.75, 3.05) is 44.7 Å². The van der Waals surface area contributed by atoms with Crippen molar-refractivity contribution in [3.05, 3.63) is 42.2 Å². The quantitative estimate of drug-likeness (QED) is 0.222. The highest BCUT2D eigenvalue weighted by molar-refractivity contribution is 7.21. The topological polar surface area (TPSA) is 199 Å². The fourth-order valence-electron chi connectivity index (χ4n) is 3.24. The molecule has 2 aromatic heterocycles. The van der Waals surface area contributed by atoms with E-state index in [1.54, 1.807) is 11.3 Å². The summed E-state index contributed by atoms with van der Waals surface area (Å²) in [5, 5.41) is 34.2. The second-order valence-corrected chi connectivity index (χ2v) is 8.80. The number of morpholine rings is 1. The van der Waals surface area contributed by atoms with Gasteiger partial charge in [-0.3, -0.25) is 4.90 Å². The summed E-state index contributed by atoms with van der Waals surface area (Å²) in [5.41, 5.74) is 1.23. The first-order chi connectivity index (χ1) is 18.1. The lowest BCUT2D eigenvalue weighted by atomic mass is 10.2. The fraction of sp³-hybridized carbons (Fsp3) is 0.333. The molecule has 14 heteroatoms. The number of thiophene rings is 1.